The molecule has 1 rings (SSSR count). The number of carbonyl (C=O) groups excluding carboxylic acids is 1. The van der Waals surface area contributed by atoms with Crippen LogP contribution in [0.5, 0.6) is 0 Å². The molecule has 1 aromatic rings. The van der Waals surface area contributed by atoms with Crippen molar-refractivity contribution in [2.45, 2.75) is 16.9 Å². The first-order valence-electron chi connectivity index (χ1n) is 5.74. The van der Waals surface area contributed by atoms with E-state index in [1.165, 1.54) is 25.2 Å². The molecule has 0 heterocycles. The van der Waals surface area contributed by atoms with E-state index in [2.05, 4.69) is 5.32 Å². The van der Waals surface area contributed by atoms with Gasteiger partial charge in [0.25, 0.3) is 0 Å². The number of carbonyl (C=O) groups is 1. The molecule has 0 saturated carbocycles. The Balaban J connectivity index is 2.82. The Morgan fingerprint density at radius 1 is 1.45 bits per heavy atom. The van der Waals surface area contributed by atoms with Crippen LogP contribution in [0.25, 0.3) is 0 Å². The molecule has 1 N–H and O–H groups in total. The van der Waals surface area contributed by atoms with Crippen molar-refractivity contribution in [3.63, 3.8) is 0 Å². The summed E-state index contributed by atoms with van der Waals surface area (Å²) in [4.78, 5) is 13.1. The second-order valence-electron chi connectivity index (χ2n) is 3.87. The van der Waals surface area contributed by atoms with Gasteiger partial charge < -0.3 is 10.1 Å². The van der Waals surface area contributed by atoms with Gasteiger partial charge in [-0.1, -0.05) is 46.9 Å². The number of hydrogen-bond acceptors (Lipinski definition) is 2. The molecular formula is C12H14Cl3FN2O2. The molecule has 0 aliphatic carbocycles. The molecule has 0 aromatic heterocycles. The van der Waals surface area contributed by atoms with Gasteiger partial charge in [-0.2, -0.15) is 0 Å². The molecule has 0 radical (unpaired) electrons. The van der Waals surface area contributed by atoms with Gasteiger partial charge in [0.05, 0.1) is 5.69 Å². The van der Waals surface area contributed by atoms with Gasteiger partial charge in [-0.15, -0.1) is 0 Å². The fourth-order valence-corrected chi connectivity index (χ4v) is 2.08. The van der Waals surface area contributed by atoms with E-state index in [-0.39, 0.29) is 12.3 Å². The predicted octanol–water partition coefficient (Wildman–Crippen LogP) is 4.02. The van der Waals surface area contributed by atoms with E-state index in [1.54, 1.807) is 13.0 Å². The average molecular weight is 344 g/mol. The van der Waals surface area contributed by atoms with Gasteiger partial charge >= 0.3 is 6.03 Å². The largest absolute Gasteiger partial charge is 0.354 e. The Morgan fingerprint density at radius 3 is 2.55 bits per heavy atom. The van der Waals surface area contributed by atoms with Gasteiger partial charge in [-0.05, 0) is 19.1 Å². The summed E-state index contributed by atoms with van der Waals surface area (Å²) in [5.41, 5.74) is 0.0314. The van der Waals surface area contributed by atoms with Crippen LogP contribution in [0.15, 0.2) is 24.3 Å². The molecular weight excluding hydrogens is 330 g/mol. The summed E-state index contributed by atoms with van der Waals surface area (Å²) in [7, 11) is 1.39. The molecule has 2 amide bonds. The number of rotatable bonds is 4. The summed E-state index contributed by atoms with van der Waals surface area (Å²) in [6, 6.07) is 5.10. The maximum absolute atomic E-state index is 13.5. The lowest BCUT2D eigenvalue weighted by Crippen LogP contribution is -2.48. The Hall–Kier alpha value is -0.750. The molecule has 1 aromatic carbocycles. The number of nitrogens with zero attached hydrogens (tertiary/aromatic N) is 1. The highest BCUT2D eigenvalue weighted by Crippen LogP contribution is 2.34. The summed E-state index contributed by atoms with van der Waals surface area (Å²) in [6.07, 6.45) is -1.09. The molecule has 0 spiro atoms. The molecule has 0 saturated heterocycles. The number of anilines is 1. The maximum atomic E-state index is 13.5. The van der Waals surface area contributed by atoms with Crippen LogP contribution in [-0.4, -0.2) is 34.6 Å². The van der Waals surface area contributed by atoms with Gasteiger partial charge in [0.2, 0.25) is 3.79 Å². The molecule has 1 unspecified atom stereocenters. The third-order valence-electron chi connectivity index (χ3n) is 2.39. The Morgan fingerprint density at radius 2 is 2.05 bits per heavy atom. The van der Waals surface area contributed by atoms with Gasteiger partial charge in [0, 0.05) is 13.7 Å². The van der Waals surface area contributed by atoms with Crippen molar-refractivity contribution in [2.24, 2.45) is 0 Å². The fraction of sp³-hybridized carbons (Fsp3) is 0.417. The van der Waals surface area contributed by atoms with E-state index in [0.717, 1.165) is 4.90 Å². The molecule has 4 nitrogen and oxygen atoms in total. The van der Waals surface area contributed by atoms with Crippen LogP contribution in [-0.2, 0) is 4.74 Å². The van der Waals surface area contributed by atoms with E-state index in [4.69, 9.17) is 39.5 Å². The standard InChI is InChI=1S/C12H14Cl3FN2O2/c1-3-20-10(12(13,14)15)18(2)11(19)17-9-7-5-4-6-8(9)16/h4-7,10H,3H2,1-2H3,(H,17,19). The first-order chi connectivity index (χ1) is 9.27. The SMILES string of the molecule is CCOC(N(C)C(=O)Nc1ccccc1F)C(Cl)(Cl)Cl. The number of nitrogens with one attached hydrogen (secondary N) is 1. The van der Waals surface area contributed by atoms with Crippen molar-refractivity contribution in [1.82, 2.24) is 4.90 Å². The third-order valence-corrected chi connectivity index (χ3v) is 2.95. The van der Waals surface area contributed by atoms with Gasteiger partial charge in [-0.3, -0.25) is 4.90 Å². The monoisotopic (exact) mass is 342 g/mol. The minimum absolute atomic E-state index is 0.0314. The Bertz CT molecular complexity index is 468. The number of benzene rings is 1. The predicted molar refractivity (Wildman–Crippen MR) is 78.9 cm³/mol. The molecule has 0 aliphatic rings. The molecule has 20 heavy (non-hydrogen) atoms. The Kier molecular flexibility index (Phi) is 6.33. The van der Waals surface area contributed by atoms with E-state index in [1.807, 2.05) is 0 Å². The summed E-state index contributed by atoms with van der Waals surface area (Å²) < 4.78 is 16.9. The van der Waals surface area contributed by atoms with Crippen molar-refractivity contribution in [3.05, 3.63) is 30.1 Å². The van der Waals surface area contributed by atoms with Crippen LogP contribution in [0.3, 0.4) is 0 Å². The number of alkyl halides is 3. The number of amides is 2. The summed E-state index contributed by atoms with van der Waals surface area (Å²) in [5.74, 6) is -0.559. The highest BCUT2D eigenvalue weighted by molar-refractivity contribution is 6.68. The lowest BCUT2D eigenvalue weighted by Gasteiger charge is -2.32. The molecule has 8 heteroatoms. The number of urea groups is 1. The number of halogens is 4. The second-order valence-corrected chi connectivity index (χ2v) is 6.24. The zero-order valence-electron chi connectivity index (χ0n) is 10.9. The van der Waals surface area contributed by atoms with Crippen molar-refractivity contribution < 1.29 is 13.9 Å². The lowest BCUT2D eigenvalue weighted by molar-refractivity contribution is -0.0158. The van der Waals surface area contributed by atoms with Gasteiger partial charge in [0.15, 0.2) is 6.23 Å². The van der Waals surface area contributed by atoms with Crippen molar-refractivity contribution >= 4 is 46.5 Å². The highest BCUT2D eigenvalue weighted by atomic mass is 35.6. The zero-order valence-corrected chi connectivity index (χ0v) is 13.1. The third kappa shape index (κ3) is 4.66. The van der Waals surface area contributed by atoms with Crippen LogP contribution < -0.4 is 5.32 Å². The average Bonchev–Trinajstić information content (AvgIpc) is 2.36. The van der Waals surface area contributed by atoms with Crippen LogP contribution in [0.4, 0.5) is 14.9 Å². The van der Waals surface area contributed by atoms with Crippen LogP contribution >= 0.6 is 34.8 Å². The van der Waals surface area contributed by atoms with E-state index < -0.39 is 21.9 Å². The van der Waals surface area contributed by atoms with Crippen molar-refractivity contribution in [3.8, 4) is 0 Å². The van der Waals surface area contributed by atoms with Crippen LogP contribution in [0.2, 0.25) is 0 Å². The topological polar surface area (TPSA) is 41.6 Å². The first kappa shape index (κ1) is 17.3. The fourth-order valence-electron chi connectivity index (χ4n) is 1.46. The Labute approximate surface area is 131 Å². The molecule has 0 bridgehead atoms. The van der Waals surface area contributed by atoms with E-state index in [0.29, 0.717) is 0 Å². The minimum atomic E-state index is -1.82. The molecule has 0 fully saturated rings. The molecule has 1 atom stereocenters. The van der Waals surface area contributed by atoms with Crippen LogP contribution in [0, 0.1) is 5.82 Å². The zero-order chi connectivity index (χ0) is 15.3. The van der Waals surface area contributed by atoms with Gasteiger partial charge in [0.1, 0.15) is 5.82 Å². The maximum Gasteiger partial charge on any atom is 0.323 e. The number of para-hydroxylation sites is 1. The quantitative estimate of drug-likeness (QED) is 0.662. The second kappa shape index (κ2) is 7.31. The first-order valence-corrected chi connectivity index (χ1v) is 6.87. The highest BCUT2D eigenvalue weighted by Gasteiger charge is 2.38. The number of ether oxygens (including phenoxy) is 1. The van der Waals surface area contributed by atoms with Crippen molar-refractivity contribution in [2.75, 3.05) is 19.0 Å². The summed E-state index contributed by atoms with van der Waals surface area (Å²) in [5, 5.41) is 2.38. The summed E-state index contributed by atoms with van der Waals surface area (Å²) >= 11 is 17.3. The van der Waals surface area contributed by atoms with E-state index in [9.17, 15) is 9.18 Å². The smallest absolute Gasteiger partial charge is 0.323 e. The number of hydrogen-bond donors (Lipinski definition) is 1. The van der Waals surface area contributed by atoms with Crippen LogP contribution in [0.1, 0.15) is 6.92 Å². The molecule has 112 valence electrons. The molecule has 0 aliphatic heterocycles. The normalized spacial score (nSPS) is 12.9. The van der Waals surface area contributed by atoms with Gasteiger partial charge in [-0.25, -0.2) is 9.18 Å². The van der Waals surface area contributed by atoms with E-state index >= 15 is 0 Å². The van der Waals surface area contributed by atoms with Crippen molar-refractivity contribution in [1.29, 1.82) is 0 Å². The minimum Gasteiger partial charge on any atom is -0.354 e. The summed E-state index contributed by atoms with van der Waals surface area (Å²) in [6.45, 7) is 1.95. The lowest BCUT2D eigenvalue weighted by atomic mass is 10.3.